The Kier molecular flexibility index (Phi) is 6.62. The molecule has 0 atom stereocenters. The number of rotatable bonds is 9. The first-order chi connectivity index (χ1) is 18.3. The molecule has 10 heteroatoms. The van der Waals surface area contributed by atoms with Gasteiger partial charge in [0.05, 0.1) is 12.8 Å². The molecule has 3 aromatic rings. The van der Waals surface area contributed by atoms with Gasteiger partial charge in [0.25, 0.3) is 0 Å². The molecule has 0 aliphatic heterocycles. The van der Waals surface area contributed by atoms with Crippen molar-refractivity contribution in [3.63, 3.8) is 0 Å². The number of aromatic amines is 1. The Morgan fingerprint density at radius 2 is 1.84 bits per heavy atom. The van der Waals surface area contributed by atoms with Gasteiger partial charge in [-0.3, -0.25) is 9.48 Å². The number of nitrogens with one attached hydrogen (secondary N) is 1. The summed E-state index contributed by atoms with van der Waals surface area (Å²) in [6, 6.07) is 3.35. The summed E-state index contributed by atoms with van der Waals surface area (Å²) >= 11 is 3.26. The molecular formula is C28H32BrN5O4. The quantitative estimate of drug-likeness (QED) is 0.205. The minimum absolute atomic E-state index is 0.102. The summed E-state index contributed by atoms with van der Waals surface area (Å²) in [5, 5.41) is 12.0. The predicted molar refractivity (Wildman–Crippen MR) is 143 cm³/mol. The highest BCUT2D eigenvalue weighted by Gasteiger charge is 2.51. The van der Waals surface area contributed by atoms with Gasteiger partial charge in [-0.2, -0.15) is 10.2 Å². The Morgan fingerprint density at radius 1 is 1.13 bits per heavy atom. The minimum Gasteiger partial charge on any atom is -0.469 e. The third kappa shape index (κ3) is 4.67. The maximum absolute atomic E-state index is 13.0. The fourth-order valence-electron chi connectivity index (χ4n) is 7.42. The van der Waals surface area contributed by atoms with E-state index < -0.39 is 5.97 Å². The average molecular weight is 582 g/mol. The lowest BCUT2D eigenvalue weighted by Crippen LogP contribution is -2.48. The van der Waals surface area contributed by atoms with Gasteiger partial charge in [-0.25, -0.2) is 14.9 Å². The highest BCUT2D eigenvalue weighted by molar-refractivity contribution is 9.10. The Bertz CT molecular complexity index is 1330. The number of ketones is 1. The van der Waals surface area contributed by atoms with Crippen molar-refractivity contribution in [2.24, 2.45) is 23.2 Å². The molecule has 3 heterocycles. The van der Waals surface area contributed by atoms with E-state index in [9.17, 15) is 9.59 Å². The number of ether oxygens (including phenoxy) is 2. The van der Waals surface area contributed by atoms with E-state index in [1.165, 1.54) is 44.7 Å². The summed E-state index contributed by atoms with van der Waals surface area (Å²) in [6.07, 6.45) is 11.4. The summed E-state index contributed by atoms with van der Waals surface area (Å²) in [6.45, 7) is 4.60. The fourth-order valence-corrected chi connectivity index (χ4v) is 7.65. The van der Waals surface area contributed by atoms with E-state index in [0.717, 1.165) is 35.6 Å². The van der Waals surface area contributed by atoms with Crippen molar-refractivity contribution in [3.8, 4) is 17.1 Å². The molecule has 0 amide bonds. The van der Waals surface area contributed by atoms with E-state index in [1.54, 1.807) is 25.3 Å². The van der Waals surface area contributed by atoms with Crippen molar-refractivity contribution in [2.45, 2.75) is 58.9 Å². The Morgan fingerprint density at radius 3 is 2.47 bits per heavy atom. The number of carbonyl (C=O) groups is 2. The highest BCUT2D eigenvalue weighted by Crippen LogP contribution is 2.60. The van der Waals surface area contributed by atoms with E-state index in [-0.39, 0.29) is 30.4 Å². The van der Waals surface area contributed by atoms with Gasteiger partial charge in [0.2, 0.25) is 11.7 Å². The van der Waals surface area contributed by atoms with Gasteiger partial charge in [-0.05, 0) is 104 Å². The summed E-state index contributed by atoms with van der Waals surface area (Å²) in [4.78, 5) is 29.7. The zero-order chi connectivity index (χ0) is 26.4. The molecule has 4 aliphatic rings. The van der Waals surface area contributed by atoms with Crippen molar-refractivity contribution in [2.75, 3.05) is 13.2 Å². The summed E-state index contributed by atoms with van der Waals surface area (Å²) in [7, 11) is 0. The molecule has 4 bridgehead atoms. The zero-order valence-corrected chi connectivity index (χ0v) is 23.3. The summed E-state index contributed by atoms with van der Waals surface area (Å²) in [5.41, 5.74) is 3.05. The van der Waals surface area contributed by atoms with Crippen LogP contribution >= 0.6 is 15.9 Å². The summed E-state index contributed by atoms with van der Waals surface area (Å²) < 4.78 is 13.8. The van der Waals surface area contributed by atoms with Gasteiger partial charge < -0.3 is 9.47 Å². The normalized spacial score (nSPS) is 25.5. The van der Waals surface area contributed by atoms with Crippen molar-refractivity contribution in [1.82, 2.24) is 25.0 Å². The number of aromatic nitrogens is 5. The van der Waals surface area contributed by atoms with Crippen molar-refractivity contribution in [1.29, 1.82) is 0 Å². The number of hydrogen-bond acceptors (Lipinski definition) is 7. The number of H-pyrrole nitrogens is 1. The Labute approximate surface area is 229 Å². The van der Waals surface area contributed by atoms with E-state index in [0.29, 0.717) is 21.3 Å². The van der Waals surface area contributed by atoms with Gasteiger partial charge in [0, 0.05) is 29.6 Å². The second kappa shape index (κ2) is 9.94. The van der Waals surface area contributed by atoms with Crippen molar-refractivity contribution < 1.29 is 19.1 Å². The number of pyridine rings is 1. The predicted octanol–water partition coefficient (Wildman–Crippen LogP) is 5.39. The van der Waals surface area contributed by atoms with Gasteiger partial charge >= 0.3 is 5.97 Å². The molecule has 200 valence electrons. The third-order valence-corrected chi connectivity index (χ3v) is 9.09. The molecule has 0 unspecified atom stereocenters. The fraction of sp³-hybridized carbons (Fsp3) is 0.536. The van der Waals surface area contributed by atoms with Crippen molar-refractivity contribution in [3.05, 3.63) is 46.0 Å². The number of halogens is 1. The smallest absolute Gasteiger partial charge is 0.345 e. The van der Waals surface area contributed by atoms with Gasteiger partial charge in [0.15, 0.2) is 6.61 Å². The molecule has 7 rings (SSSR count). The first-order valence-corrected chi connectivity index (χ1v) is 14.2. The topological polar surface area (TPSA) is 112 Å². The molecule has 4 aliphatic carbocycles. The molecule has 4 fully saturated rings. The Balaban J connectivity index is 1.25. The van der Waals surface area contributed by atoms with Crippen LogP contribution < -0.4 is 4.74 Å². The molecule has 0 radical (unpaired) electrons. The van der Waals surface area contributed by atoms with Crippen LogP contribution in [0.1, 0.15) is 71.9 Å². The second-order valence-corrected chi connectivity index (χ2v) is 12.1. The van der Waals surface area contributed by atoms with Gasteiger partial charge in [-0.1, -0.05) is 0 Å². The maximum Gasteiger partial charge on any atom is 0.345 e. The molecule has 1 N–H and O–H groups in total. The van der Waals surface area contributed by atoms with Gasteiger partial charge in [-0.15, -0.1) is 0 Å². The molecular weight excluding hydrogens is 550 g/mol. The highest BCUT2D eigenvalue weighted by atomic mass is 79.9. The number of esters is 1. The molecule has 3 aromatic heterocycles. The first-order valence-electron chi connectivity index (χ1n) is 13.4. The van der Waals surface area contributed by atoms with Crippen LogP contribution in [0, 0.1) is 30.1 Å². The van der Waals surface area contributed by atoms with Crippen molar-refractivity contribution >= 4 is 27.7 Å². The van der Waals surface area contributed by atoms with E-state index in [1.807, 2.05) is 6.92 Å². The molecule has 0 spiro atoms. The molecule has 38 heavy (non-hydrogen) atoms. The molecule has 0 aromatic carbocycles. The van der Waals surface area contributed by atoms with Crippen LogP contribution in [0.3, 0.4) is 0 Å². The first kappa shape index (κ1) is 25.3. The van der Waals surface area contributed by atoms with Crippen LogP contribution in [0.5, 0.6) is 5.88 Å². The third-order valence-electron chi connectivity index (χ3n) is 8.62. The lowest BCUT2D eigenvalue weighted by Gasteiger charge is -2.56. The number of carbonyl (C=O) groups excluding carboxylic acids is 2. The van der Waals surface area contributed by atoms with Crippen LogP contribution in [0.15, 0.2) is 29.1 Å². The maximum atomic E-state index is 13.0. The second-order valence-electron chi connectivity index (χ2n) is 11.3. The van der Waals surface area contributed by atoms with E-state index in [4.69, 9.17) is 14.6 Å². The van der Waals surface area contributed by atoms with E-state index >= 15 is 0 Å². The molecule has 0 saturated heterocycles. The van der Waals surface area contributed by atoms with Crippen LogP contribution in [0.2, 0.25) is 0 Å². The number of nitrogens with zero attached hydrogens (tertiary/aromatic N) is 4. The van der Waals surface area contributed by atoms with E-state index in [2.05, 4.69) is 35.8 Å². The van der Waals surface area contributed by atoms with Crippen LogP contribution in [-0.4, -0.2) is 49.9 Å². The minimum atomic E-state index is -0.558. The largest absolute Gasteiger partial charge is 0.469 e. The molecule has 9 nitrogen and oxygen atoms in total. The van der Waals surface area contributed by atoms with Crippen LogP contribution in [0.4, 0.5) is 0 Å². The monoisotopic (exact) mass is 581 g/mol. The molecule has 4 saturated carbocycles. The van der Waals surface area contributed by atoms with Crippen LogP contribution in [-0.2, 0) is 11.3 Å². The SMILES string of the molecule is CCOC(=O)c1c(-c2cnn(CC34CC5CC(CC(C5)C3)C4)c2C)n[nH]c1OCC(=O)c1ccc(Br)nc1. The number of Topliss-reactive ketones (excluding diaryl/α,β-unsaturated/α-hetero) is 1. The standard InChI is InChI=1S/C28H32BrN5O4/c1-3-37-27(36)24-25(32-33-26(24)38-14-22(35)20-4-5-23(29)30-12-20)21-13-31-34(16(21)2)15-28-9-17-6-18(10-28)8-19(7-17)11-28/h4-5,12-13,17-19H,3,6-11,14-15H2,1-2H3,(H,32,33). The van der Waals surface area contributed by atoms with Crippen LogP contribution in [0.25, 0.3) is 11.3 Å². The number of hydrogen-bond donors (Lipinski definition) is 1. The zero-order valence-electron chi connectivity index (χ0n) is 21.7. The lowest BCUT2D eigenvalue weighted by atomic mass is 9.49. The average Bonchev–Trinajstić information content (AvgIpc) is 3.45. The van der Waals surface area contributed by atoms with Gasteiger partial charge in [0.1, 0.15) is 15.9 Å². The summed E-state index contributed by atoms with van der Waals surface area (Å²) in [5.74, 6) is 1.88. The lowest BCUT2D eigenvalue weighted by molar-refractivity contribution is -0.0638. The Hall–Kier alpha value is -3.01.